The van der Waals surface area contributed by atoms with Crippen LogP contribution in [-0.4, -0.2) is 11.9 Å². The molecule has 18 heavy (non-hydrogen) atoms. The van der Waals surface area contributed by atoms with E-state index in [2.05, 4.69) is 4.99 Å². The zero-order chi connectivity index (χ0) is 12.5. The van der Waals surface area contributed by atoms with Crippen molar-refractivity contribution < 1.29 is 18.4 Å². The van der Waals surface area contributed by atoms with Gasteiger partial charge in [-0.15, -0.1) is 0 Å². The normalized spacial score (nSPS) is 17.1. The van der Waals surface area contributed by atoms with E-state index >= 15 is 0 Å². The van der Waals surface area contributed by atoms with Gasteiger partial charge in [-0.25, -0.2) is 9.79 Å². The molecule has 0 atom stereocenters. The van der Waals surface area contributed by atoms with Gasteiger partial charge in [0.25, 0.3) is 5.90 Å². The first-order valence-electron chi connectivity index (χ1n) is 5.04. The lowest BCUT2D eigenvalue weighted by atomic mass is 10.3. The van der Waals surface area contributed by atoms with Crippen molar-refractivity contribution in [2.45, 2.75) is 0 Å². The standard InChI is InChI=1S/C12H6INO4/c13-10-4-3-7(17-10)6-8-12(15)18-11(14-8)9-2-1-5-16-9/h1-6H/b8-6-. The third-order valence-corrected chi connectivity index (χ3v) is 2.81. The summed E-state index contributed by atoms with van der Waals surface area (Å²) in [5, 5.41) is 0. The number of carbonyl (C=O) groups excluding carboxylic acids is 1. The lowest BCUT2D eigenvalue weighted by Gasteiger charge is -1.91. The first-order valence-corrected chi connectivity index (χ1v) is 6.12. The predicted octanol–water partition coefficient (Wildman–Crippen LogP) is 2.82. The highest BCUT2D eigenvalue weighted by atomic mass is 127. The maximum absolute atomic E-state index is 11.6. The number of rotatable bonds is 2. The van der Waals surface area contributed by atoms with Crippen LogP contribution in [0.4, 0.5) is 0 Å². The Morgan fingerprint density at radius 2 is 2.17 bits per heavy atom. The average Bonchev–Trinajstić information content (AvgIpc) is 3.02. The van der Waals surface area contributed by atoms with Crippen LogP contribution in [0.2, 0.25) is 0 Å². The Balaban J connectivity index is 1.94. The molecule has 0 aliphatic carbocycles. The molecule has 1 aliphatic heterocycles. The quantitative estimate of drug-likeness (QED) is 0.472. The third-order valence-electron chi connectivity index (χ3n) is 2.23. The lowest BCUT2D eigenvalue weighted by Crippen LogP contribution is -2.04. The number of esters is 1. The van der Waals surface area contributed by atoms with E-state index < -0.39 is 5.97 Å². The number of carbonyl (C=O) groups is 1. The molecule has 0 saturated carbocycles. The van der Waals surface area contributed by atoms with Crippen molar-refractivity contribution in [2.75, 3.05) is 0 Å². The number of furan rings is 2. The smallest absolute Gasteiger partial charge is 0.364 e. The van der Waals surface area contributed by atoms with Gasteiger partial charge in [0.2, 0.25) is 0 Å². The van der Waals surface area contributed by atoms with Crippen LogP contribution in [0.1, 0.15) is 11.5 Å². The van der Waals surface area contributed by atoms with Crippen molar-refractivity contribution >= 4 is 40.5 Å². The van der Waals surface area contributed by atoms with Gasteiger partial charge < -0.3 is 13.6 Å². The van der Waals surface area contributed by atoms with Gasteiger partial charge in [-0.05, 0) is 46.9 Å². The van der Waals surface area contributed by atoms with Crippen molar-refractivity contribution in [3.63, 3.8) is 0 Å². The van der Waals surface area contributed by atoms with E-state index in [-0.39, 0.29) is 11.6 Å². The minimum atomic E-state index is -0.521. The Morgan fingerprint density at radius 1 is 1.28 bits per heavy atom. The molecule has 0 aromatic carbocycles. The summed E-state index contributed by atoms with van der Waals surface area (Å²) in [5.41, 5.74) is 0.187. The van der Waals surface area contributed by atoms with E-state index in [0.717, 1.165) is 3.77 Å². The molecule has 0 saturated heterocycles. The van der Waals surface area contributed by atoms with Crippen molar-refractivity contribution in [1.29, 1.82) is 0 Å². The summed E-state index contributed by atoms with van der Waals surface area (Å²) in [4.78, 5) is 15.7. The third kappa shape index (κ3) is 2.10. The Labute approximate surface area is 115 Å². The van der Waals surface area contributed by atoms with Crippen LogP contribution in [-0.2, 0) is 9.53 Å². The average molecular weight is 355 g/mol. The molecule has 2 aromatic heterocycles. The molecule has 0 amide bonds. The first-order chi connectivity index (χ1) is 8.72. The van der Waals surface area contributed by atoms with Gasteiger partial charge in [-0.1, -0.05) is 0 Å². The molecule has 0 N–H and O–H groups in total. The second kappa shape index (κ2) is 4.45. The van der Waals surface area contributed by atoms with E-state index in [1.165, 1.54) is 12.3 Å². The van der Waals surface area contributed by atoms with E-state index in [1.807, 2.05) is 22.6 Å². The largest absolute Gasteiger partial charge is 0.459 e. The number of aliphatic imine (C=N–C) groups is 1. The topological polar surface area (TPSA) is 64.9 Å². The summed E-state index contributed by atoms with van der Waals surface area (Å²) in [6.07, 6.45) is 3.02. The molecule has 0 fully saturated rings. The summed E-state index contributed by atoms with van der Waals surface area (Å²) >= 11 is 2.04. The summed E-state index contributed by atoms with van der Waals surface area (Å²) in [6.45, 7) is 0. The molecule has 0 unspecified atom stereocenters. The van der Waals surface area contributed by atoms with Crippen LogP contribution in [0, 0.1) is 3.77 Å². The highest BCUT2D eigenvalue weighted by molar-refractivity contribution is 14.1. The second-order valence-electron chi connectivity index (χ2n) is 3.46. The summed E-state index contributed by atoms with van der Waals surface area (Å²) < 4.78 is 16.2. The van der Waals surface area contributed by atoms with Gasteiger partial charge in [-0.3, -0.25) is 0 Å². The zero-order valence-corrected chi connectivity index (χ0v) is 11.1. The highest BCUT2D eigenvalue weighted by Crippen LogP contribution is 2.20. The zero-order valence-electron chi connectivity index (χ0n) is 8.92. The van der Waals surface area contributed by atoms with E-state index in [1.54, 1.807) is 24.3 Å². The van der Waals surface area contributed by atoms with Crippen LogP contribution in [0.25, 0.3) is 6.08 Å². The van der Waals surface area contributed by atoms with Crippen molar-refractivity contribution in [3.05, 3.63) is 51.5 Å². The molecule has 3 heterocycles. The van der Waals surface area contributed by atoms with Crippen LogP contribution in [0.15, 0.2) is 50.1 Å². The summed E-state index contributed by atoms with van der Waals surface area (Å²) in [7, 11) is 0. The predicted molar refractivity (Wildman–Crippen MR) is 70.7 cm³/mol. The monoisotopic (exact) mass is 355 g/mol. The van der Waals surface area contributed by atoms with E-state index in [0.29, 0.717) is 11.5 Å². The Hall–Kier alpha value is -1.83. The van der Waals surface area contributed by atoms with Gasteiger partial charge in [0, 0.05) is 6.08 Å². The maximum atomic E-state index is 11.6. The summed E-state index contributed by atoms with van der Waals surface area (Å²) in [5.74, 6) is 0.613. The molecule has 2 aromatic rings. The van der Waals surface area contributed by atoms with Crippen LogP contribution in [0.5, 0.6) is 0 Å². The number of hydrogen-bond acceptors (Lipinski definition) is 5. The van der Waals surface area contributed by atoms with E-state index in [9.17, 15) is 4.79 Å². The molecule has 0 spiro atoms. The molecule has 0 radical (unpaired) electrons. The van der Waals surface area contributed by atoms with Crippen LogP contribution >= 0.6 is 22.6 Å². The fourth-order valence-electron chi connectivity index (χ4n) is 1.46. The molecule has 6 heteroatoms. The van der Waals surface area contributed by atoms with E-state index in [4.69, 9.17) is 13.6 Å². The number of cyclic esters (lactones) is 1. The summed E-state index contributed by atoms with van der Waals surface area (Å²) in [6, 6.07) is 6.92. The molecule has 0 bridgehead atoms. The molecule has 3 rings (SSSR count). The number of halogens is 1. The van der Waals surface area contributed by atoms with Gasteiger partial charge in [0.05, 0.1) is 6.26 Å². The Kier molecular flexibility index (Phi) is 2.78. The number of ether oxygens (including phenoxy) is 1. The fraction of sp³-hybridized carbons (Fsp3) is 0. The van der Waals surface area contributed by atoms with Crippen LogP contribution in [0.3, 0.4) is 0 Å². The first kappa shape index (κ1) is 11.3. The van der Waals surface area contributed by atoms with Gasteiger partial charge in [-0.2, -0.15) is 0 Å². The SMILES string of the molecule is O=C1OC(c2ccco2)=N/C1=C\c1ccc(I)o1. The molecule has 5 nitrogen and oxygen atoms in total. The molecular formula is C12H6INO4. The lowest BCUT2D eigenvalue weighted by molar-refractivity contribution is -0.130. The minimum absolute atomic E-state index is 0.164. The van der Waals surface area contributed by atoms with Gasteiger partial charge in [0.15, 0.2) is 15.2 Å². The molecular weight excluding hydrogens is 349 g/mol. The Morgan fingerprint density at radius 3 is 2.83 bits per heavy atom. The molecule has 1 aliphatic rings. The van der Waals surface area contributed by atoms with Gasteiger partial charge in [0.1, 0.15) is 5.76 Å². The minimum Gasteiger partial charge on any atom is -0.459 e. The van der Waals surface area contributed by atoms with Crippen LogP contribution < -0.4 is 0 Å². The second-order valence-corrected chi connectivity index (χ2v) is 4.52. The van der Waals surface area contributed by atoms with Gasteiger partial charge >= 0.3 is 5.97 Å². The fourth-order valence-corrected chi connectivity index (χ4v) is 1.89. The van der Waals surface area contributed by atoms with Crippen molar-refractivity contribution in [3.8, 4) is 0 Å². The van der Waals surface area contributed by atoms with Crippen molar-refractivity contribution in [1.82, 2.24) is 0 Å². The Bertz CT molecular complexity index is 651. The molecule has 90 valence electrons. The maximum Gasteiger partial charge on any atom is 0.364 e. The number of nitrogens with zero attached hydrogens (tertiary/aromatic N) is 1. The highest BCUT2D eigenvalue weighted by Gasteiger charge is 2.26. The van der Waals surface area contributed by atoms with Crippen molar-refractivity contribution in [2.24, 2.45) is 4.99 Å². The number of hydrogen-bond donors (Lipinski definition) is 0.